The van der Waals surface area contributed by atoms with Crippen LogP contribution in [-0.2, 0) is 16.8 Å². The van der Waals surface area contributed by atoms with E-state index in [1.54, 1.807) is 0 Å². The molecule has 0 atom stereocenters. The molecule has 2 aromatic carbocycles. The molecule has 30 heavy (non-hydrogen) atoms. The smallest absolute Gasteiger partial charge is 0.233 e. The number of benzene rings is 2. The van der Waals surface area contributed by atoms with Crippen molar-refractivity contribution >= 4 is 5.91 Å². The first kappa shape index (κ1) is 19.6. The fraction of sp³-hybridized carbons (Fsp3) is 0.500. The molecule has 3 aliphatic rings. The van der Waals surface area contributed by atoms with Gasteiger partial charge in [0, 0.05) is 44.1 Å². The van der Waals surface area contributed by atoms with Crippen LogP contribution in [0.15, 0.2) is 54.6 Å². The molecular formula is C26H32N2O2. The summed E-state index contributed by atoms with van der Waals surface area (Å²) < 4.78 is 6.71. The number of ether oxygens (including phenoxy) is 1. The lowest BCUT2D eigenvalue weighted by molar-refractivity contribution is -0.138. The predicted octanol–water partition coefficient (Wildman–Crippen LogP) is 4.38. The zero-order valence-corrected chi connectivity index (χ0v) is 18.1. The second kappa shape index (κ2) is 7.42. The monoisotopic (exact) mass is 404 g/mol. The molecule has 0 aromatic heterocycles. The Morgan fingerprint density at radius 3 is 2.27 bits per heavy atom. The molecule has 0 unspecified atom stereocenters. The van der Waals surface area contributed by atoms with Gasteiger partial charge >= 0.3 is 0 Å². The van der Waals surface area contributed by atoms with Crippen molar-refractivity contribution in [2.24, 2.45) is 0 Å². The van der Waals surface area contributed by atoms with Crippen LogP contribution in [0, 0.1) is 0 Å². The van der Waals surface area contributed by atoms with Crippen LogP contribution in [0.25, 0.3) is 0 Å². The highest BCUT2D eigenvalue weighted by molar-refractivity contribution is 5.91. The Balaban J connectivity index is 1.46. The van der Waals surface area contributed by atoms with Gasteiger partial charge in [0.15, 0.2) is 0 Å². The van der Waals surface area contributed by atoms with Gasteiger partial charge in [0.25, 0.3) is 0 Å². The van der Waals surface area contributed by atoms with Crippen molar-refractivity contribution < 1.29 is 9.53 Å². The van der Waals surface area contributed by atoms with Gasteiger partial charge in [-0.15, -0.1) is 0 Å². The van der Waals surface area contributed by atoms with E-state index in [0.29, 0.717) is 19.1 Å². The van der Waals surface area contributed by atoms with Crippen molar-refractivity contribution in [3.8, 4) is 5.75 Å². The summed E-state index contributed by atoms with van der Waals surface area (Å²) in [5, 5.41) is 0. The quantitative estimate of drug-likeness (QED) is 0.761. The molecule has 1 amide bonds. The molecule has 158 valence electrons. The molecule has 2 heterocycles. The number of amides is 1. The van der Waals surface area contributed by atoms with Crippen LogP contribution in [0.4, 0.5) is 0 Å². The van der Waals surface area contributed by atoms with Gasteiger partial charge in [-0.1, -0.05) is 48.5 Å². The third kappa shape index (κ3) is 3.41. The number of likely N-dealkylation sites (tertiary alicyclic amines) is 1. The zero-order valence-electron chi connectivity index (χ0n) is 18.1. The largest absolute Gasteiger partial charge is 0.485 e. The normalized spacial score (nSPS) is 22.3. The number of piperidine rings is 1. The van der Waals surface area contributed by atoms with E-state index in [4.69, 9.17) is 4.74 Å². The highest BCUT2D eigenvalue weighted by Crippen LogP contribution is 2.50. The topological polar surface area (TPSA) is 32.8 Å². The minimum Gasteiger partial charge on any atom is -0.485 e. The van der Waals surface area contributed by atoms with Crippen molar-refractivity contribution in [1.29, 1.82) is 0 Å². The van der Waals surface area contributed by atoms with E-state index < -0.39 is 0 Å². The van der Waals surface area contributed by atoms with Gasteiger partial charge in [-0.05, 0) is 38.3 Å². The molecule has 4 nitrogen and oxygen atoms in total. The number of hydrogen-bond donors (Lipinski definition) is 0. The molecule has 2 aromatic rings. The molecule has 1 saturated heterocycles. The summed E-state index contributed by atoms with van der Waals surface area (Å²) in [6.45, 7) is 7.87. The average molecular weight is 405 g/mol. The molecule has 4 heteroatoms. The van der Waals surface area contributed by atoms with E-state index in [1.165, 1.54) is 0 Å². The number of para-hydroxylation sites is 1. The van der Waals surface area contributed by atoms with Crippen molar-refractivity contribution in [3.05, 3.63) is 65.7 Å². The van der Waals surface area contributed by atoms with Crippen LogP contribution in [0.2, 0.25) is 0 Å². The van der Waals surface area contributed by atoms with Crippen LogP contribution in [0.1, 0.15) is 50.7 Å². The van der Waals surface area contributed by atoms with E-state index in [9.17, 15) is 4.79 Å². The molecule has 2 aliphatic heterocycles. The second-order valence-electron chi connectivity index (χ2n) is 9.63. The molecule has 0 N–H and O–H groups in total. The molecule has 0 bridgehead atoms. The lowest BCUT2D eigenvalue weighted by Crippen LogP contribution is -2.56. The molecule has 1 spiro atoms. The van der Waals surface area contributed by atoms with Crippen LogP contribution >= 0.6 is 0 Å². The second-order valence-corrected chi connectivity index (χ2v) is 9.63. The minimum absolute atomic E-state index is 0.277. The molecule has 2 fully saturated rings. The molecule has 1 aliphatic carbocycles. The van der Waals surface area contributed by atoms with Crippen molar-refractivity contribution in [2.75, 3.05) is 19.6 Å². The average Bonchev–Trinajstić information content (AvgIpc) is 3.58. The van der Waals surface area contributed by atoms with E-state index in [0.717, 1.165) is 55.6 Å². The Morgan fingerprint density at radius 1 is 0.933 bits per heavy atom. The first-order valence-electron chi connectivity index (χ1n) is 11.4. The Kier molecular flexibility index (Phi) is 4.85. The Labute approximate surface area is 179 Å². The maximum absolute atomic E-state index is 13.9. The summed E-state index contributed by atoms with van der Waals surface area (Å²) in [5.74, 6) is 1.23. The zero-order chi connectivity index (χ0) is 20.8. The van der Waals surface area contributed by atoms with Gasteiger partial charge in [0.2, 0.25) is 5.91 Å². The Bertz CT molecular complexity index is 912. The number of nitrogens with zero attached hydrogens (tertiary/aromatic N) is 2. The van der Waals surface area contributed by atoms with Gasteiger partial charge < -0.3 is 14.5 Å². The van der Waals surface area contributed by atoms with Crippen LogP contribution in [-0.4, -0.2) is 47.0 Å². The number of rotatable bonds is 3. The van der Waals surface area contributed by atoms with Crippen LogP contribution in [0.5, 0.6) is 5.75 Å². The van der Waals surface area contributed by atoms with Crippen LogP contribution in [0.3, 0.4) is 0 Å². The summed E-state index contributed by atoms with van der Waals surface area (Å²) in [4.78, 5) is 18.5. The fourth-order valence-electron chi connectivity index (χ4n) is 5.27. The summed E-state index contributed by atoms with van der Waals surface area (Å²) in [6, 6.07) is 19.2. The maximum atomic E-state index is 13.9. The summed E-state index contributed by atoms with van der Waals surface area (Å²) in [5.41, 5.74) is 1.66. The predicted molar refractivity (Wildman–Crippen MR) is 119 cm³/mol. The van der Waals surface area contributed by atoms with Gasteiger partial charge in [-0.3, -0.25) is 4.79 Å². The molecular weight excluding hydrogens is 372 g/mol. The standard InChI is InChI=1S/C26H32N2O2/c1-20(2)27-16-14-25(15-17-27)19-28(18-21-8-6-7-11-23(21)30-25)24(29)26(12-13-26)22-9-4-3-5-10-22/h3-11,20H,12-19H2,1-2H3. The van der Waals surface area contributed by atoms with E-state index in [2.05, 4.69) is 47.9 Å². The van der Waals surface area contributed by atoms with Crippen LogP contribution < -0.4 is 4.74 Å². The number of carbonyl (C=O) groups is 1. The van der Waals surface area contributed by atoms with Crippen molar-refractivity contribution in [1.82, 2.24) is 9.80 Å². The summed E-state index contributed by atoms with van der Waals surface area (Å²) in [6.07, 6.45) is 3.81. The number of carbonyl (C=O) groups excluding carboxylic acids is 1. The minimum atomic E-state index is -0.333. The van der Waals surface area contributed by atoms with Gasteiger partial charge in [-0.25, -0.2) is 0 Å². The highest BCUT2D eigenvalue weighted by Gasteiger charge is 2.54. The van der Waals surface area contributed by atoms with Gasteiger partial charge in [0.1, 0.15) is 11.4 Å². The molecule has 0 radical (unpaired) electrons. The lowest BCUT2D eigenvalue weighted by Gasteiger charge is -2.44. The van der Waals surface area contributed by atoms with E-state index >= 15 is 0 Å². The van der Waals surface area contributed by atoms with Crippen molar-refractivity contribution in [2.45, 2.75) is 63.1 Å². The molecule has 1 saturated carbocycles. The first-order chi connectivity index (χ1) is 14.5. The number of hydrogen-bond acceptors (Lipinski definition) is 3. The highest BCUT2D eigenvalue weighted by atomic mass is 16.5. The fourth-order valence-corrected chi connectivity index (χ4v) is 5.27. The Hall–Kier alpha value is -2.33. The third-order valence-corrected chi connectivity index (χ3v) is 7.35. The summed E-state index contributed by atoms with van der Waals surface area (Å²) in [7, 11) is 0. The SMILES string of the molecule is CC(C)N1CCC2(CC1)CN(C(=O)C1(c3ccccc3)CC1)Cc1ccccc1O2. The molecule has 5 rings (SSSR count). The maximum Gasteiger partial charge on any atom is 0.233 e. The van der Waals surface area contributed by atoms with E-state index in [-0.39, 0.29) is 16.9 Å². The van der Waals surface area contributed by atoms with Crippen molar-refractivity contribution in [3.63, 3.8) is 0 Å². The Morgan fingerprint density at radius 2 is 1.60 bits per heavy atom. The number of fused-ring (bicyclic) bond motifs is 1. The third-order valence-electron chi connectivity index (χ3n) is 7.35. The van der Waals surface area contributed by atoms with E-state index in [1.807, 2.05) is 30.3 Å². The van der Waals surface area contributed by atoms with Gasteiger partial charge in [0.05, 0.1) is 12.0 Å². The first-order valence-corrected chi connectivity index (χ1v) is 11.4. The lowest BCUT2D eigenvalue weighted by atomic mass is 9.88. The summed E-state index contributed by atoms with van der Waals surface area (Å²) >= 11 is 0. The van der Waals surface area contributed by atoms with Gasteiger partial charge in [-0.2, -0.15) is 0 Å².